The Kier molecular flexibility index (Phi) is 7.84. The van der Waals surface area contributed by atoms with E-state index < -0.39 is 0 Å². The zero-order valence-corrected chi connectivity index (χ0v) is 14.8. The van der Waals surface area contributed by atoms with Crippen LogP contribution < -0.4 is 5.32 Å². The van der Waals surface area contributed by atoms with Gasteiger partial charge < -0.3 is 4.90 Å². The first-order chi connectivity index (χ1) is 10.3. The SMILES string of the molecule is CSc1nnc(NC(=O)CSCCN2CCCCCC2)s1. The van der Waals surface area contributed by atoms with Gasteiger partial charge in [-0.1, -0.05) is 35.9 Å². The summed E-state index contributed by atoms with van der Waals surface area (Å²) >= 11 is 4.65. The average Bonchev–Trinajstić information content (AvgIpc) is 2.77. The maximum atomic E-state index is 11.8. The Morgan fingerprint density at radius 1 is 1.29 bits per heavy atom. The highest BCUT2D eigenvalue weighted by Gasteiger charge is 2.10. The van der Waals surface area contributed by atoms with Gasteiger partial charge in [0.05, 0.1) is 5.75 Å². The van der Waals surface area contributed by atoms with Crippen LogP contribution in [-0.4, -0.2) is 58.4 Å². The predicted molar refractivity (Wildman–Crippen MR) is 92.6 cm³/mol. The Hall–Kier alpha value is -0.310. The highest BCUT2D eigenvalue weighted by atomic mass is 32.2. The summed E-state index contributed by atoms with van der Waals surface area (Å²) in [6.07, 6.45) is 7.32. The zero-order chi connectivity index (χ0) is 14.9. The van der Waals surface area contributed by atoms with E-state index >= 15 is 0 Å². The number of aromatic nitrogens is 2. The second-order valence-corrected chi connectivity index (χ2v) is 8.07. The first-order valence-electron chi connectivity index (χ1n) is 7.25. The number of thioether (sulfide) groups is 2. The van der Waals surface area contributed by atoms with Crippen LogP contribution in [0.25, 0.3) is 0 Å². The van der Waals surface area contributed by atoms with E-state index in [4.69, 9.17) is 0 Å². The maximum absolute atomic E-state index is 11.8. The van der Waals surface area contributed by atoms with Crippen molar-refractivity contribution in [1.82, 2.24) is 15.1 Å². The van der Waals surface area contributed by atoms with Crippen LogP contribution in [-0.2, 0) is 4.79 Å². The molecule has 0 bridgehead atoms. The number of amides is 1. The summed E-state index contributed by atoms with van der Waals surface area (Å²) < 4.78 is 0.874. The molecule has 1 aromatic heterocycles. The summed E-state index contributed by atoms with van der Waals surface area (Å²) in [4.78, 5) is 14.3. The molecule has 0 unspecified atom stereocenters. The molecule has 1 saturated heterocycles. The van der Waals surface area contributed by atoms with E-state index in [2.05, 4.69) is 20.4 Å². The number of carbonyl (C=O) groups excluding carboxylic acids is 1. The smallest absolute Gasteiger partial charge is 0.236 e. The fourth-order valence-electron chi connectivity index (χ4n) is 2.22. The normalized spacial score (nSPS) is 16.6. The lowest BCUT2D eigenvalue weighted by Crippen LogP contribution is -2.27. The molecule has 0 atom stereocenters. The van der Waals surface area contributed by atoms with Crippen molar-refractivity contribution in [3.63, 3.8) is 0 Å². The molecule has 5 nitrogen and oxygen atoms in total. The van der Waals surface area contributed by atoms with Crippen LogP contribution in [0.5, 0.6) is 0 Å². The third kappa shape index (κ3) is 6.54. The molecule has 1 aromatic rings. The molecule has 0 spiro atoms. The first-order valence-corrected chi connectivity index (χ1v) is 10.4. The summed E-state index contributed by atoms with van der Waals surface area (Å²) in [5.41, 5.74) is 0. The van der Waals surface area contributed by atoms with Gasteiger partial charge in [-0.05, 0) is 32.2 Å². The third-order valence-electron chi connectivity index (χ3n) is 3.31. The van der Waals surface area contributed by atoms with Gasteiger partial charge >= 0.3 is 0 Å². The van der Waals surface area contributed by atoms with E-state index in [1.165, 1.54) is 61.9 Å². The van der Waals surface area contributed by atoms with E-state index in [0.29, 0.717) is 10.9 Å². The second kappa shape index (κ2) is 9.66. The summed E-state index contributed by atoms with van der Waals surface area (Å²) in [7, 11) is 0. The fourth-order valence-corrected chi connectivity index (χ4v) is 4.19. The number of hydrogen-bond acceptors (Lipinski definition) is 7. The molecule has 0 aliphatic carbocycles. The molecular weight excluding hydrogens is 324 g/mol. The van der Waals surface area contributed by atoms with Crippen molar-refractivity contribution >= 4 is 45.9 Å². The molecule has 2 rings (SSSR count). The highest BCUT2D eigenvalue weighted by molar-refractivity contribution is 8.00. The molecule has 0 radical (unpaired) electrons. The molecule has 1 fully saturated rings. The number of hydrogen-bond donors (Lipinski definition) is 1. The van der Waals surface area contributed by atoms with Gasteiger partial charge in [0, 0.05) is 12.3 Å². The number of carbonyl (C=O) groups is 1. The fraction of sp³-hybridized carbons (Fsp3) is 0.769. The van der Waals surface area contributed by atoms with E-state index in [1.54, 1.807) is 11.8 Å². The van der Waals surface area contributed by atoms with Gasteiger partial charge in [0.1, 0.15) is 0 Å². The summed E-state index contributed by atoms with van der Waals surface area (Å²) in [5.74, 6) is 1.52. The van der Waals surface area contributed by atoms with Gasteiger partial charge in [-0.25, -0.2) is 0 Å². The molecular formula is C13H22N4OS3. The Bertz CT molecular complexity index is 433. The molecule has 8 heteroatoms. The molecule has 2 heterocycles. The molecule has 21 heavy (non-hydrogen) atoms. The first kappa shape index (κ1) is 17.1. The molecule has 1 N–H and O–H groups in total. The van der Waals surface area contributed by atoms with Crippen LogP contribution in [0.3, 0.4) is 0 Å². The van der Waals surface area contributed by atoms with Gasteiger partial charge in [-0.3, -0.25) is 10.1 Å². The van der Waals surface area contributed by atoms with Gasteiger partial charge in [-0.2, -0.15) is 11.8 Å². The van der Waals surface area contributed by atoms with Crippen molar-refractivity contribution in [3.05, 3.63) is 0 Å². The minimum atomic E-state index is 0.0136. The number of nitrogens with one attached hydrogen (secondary N) is 1. The van der Waals surface area contributed by atoms with Crippen LogP contribution >= 0.6 is 34.9 Å². The molecule has 0 aromatic carbocycles. The molecule has 1 aliphatic heterocycles. The van der Waals surface area contributed by atoms with E-state index in [1.807, 2.05) is 6.26 Å². The lowest BCUT2D eigenvalue weighted by Gasteiger charge is -2.18. The number of rotatable bonds is 7. The van der Waals surface area contributed by atoms with Crippen LogP contribution in [0.1, 0.15) is 25.7 Å². The average molecular weight is 347 g/mol. The van der Waals surface area contributed by atoms with Gasteiger partial charge in [0.2, 0.25) is 11.0 Å². The molecule has 118 valence electrons. The van der Waals surface area contributed by atoms with Crippen molar-refractivity contribution in [1.29, 1.82) is 0 Å². The van der Waals surface area contributed by atoms with E-state index in [0.717, 1.165) is 16.6 Å². The van der Waals surface area contributed by atoms with E-state index in [-0.39, 0.29) is 5.91 Å². The minimum Gasteiger partial charge on any atom is -0.303 e. The standard InChI is InChI=1S/C13H22N4OS3/c1-19-13-16-15-12(21-13)14-11(18)10-20-9-8-17-6-4-2-3-5-7-17/h2-10H2,1H3,(H,14,15,18). The summed E-state index contributed by atoms with van der Waals surface area (Å²) in [5, 5.41) is 11.3. The molecule has 0 saturated carbocycles. The second-order valence-electron chi connectivity index (χ2n) is 4.93. The lowest BCUT2D eigenvalue weighted by atomic mass is 10.2. The van der Waals surface area contributed by atoms with Gasteiger partial charge in [0.25, 0.3) is 0 Å². The quantitative estimate of drug-likeness (QED) is 0.465. The molecule has 1 amide bonds. The van der Waals surface area contributed by atoms with Crippen molar-refractivity contribution in [3.8, 4) is 0 Å². The number of anilines is 1. The van der Waals surface area contributed by atoms with Crippen LogP contribution in [0, 0.1) is 0 Å². The van der Waals surface area contributed by atoms with Crippen molar-refractivity contribution in [2.75, 3.05) is 42.7 Å². The van der Waals surface area contributed by atoms with Crippen molar-refractivity contribution in [2.45, 2.75) is 30.0 Å². The predicted octanol–water partition coefficient (Wildman–Crippen LogP) is 2.81. The van der Waals surface area contributed by atoms with Gasteiger partial charge in [0.15, 0.2) is 4.34 Å². The van der Waals surface area contributed by atoms with Crippen LogP contribution in [0.4, 0.5) is 5.13 Å². The minimum absolute atomic E-state index is 0.0136. The number of nitrogens with zero attached hydrogens (tertiary/aromatic N) is 3. The number of likely N-dealkylation sites (tertiary alicyclic amines) is 1. The third-order valence-corrected chi connectivity index (χ3v) is 6.06. The summed E-state index contributed by atoms with van der Waals surface area (Å²) in [6, 6.07) is 0. The summed E-state index contributed by atoms with van der Waals surface area (Å²) in [6.45, 7) is 3.53. The Morgan fingerprint density at radius 2 is 2.05 bits per heavy atom. The van der Waals surface area contributed by atoms with Crippen LogP contribution in [0.15, 0.2) is 4.34 Å². The Labute approximate surface area is 138 Å². The topological polar surface area (TPSA) is 58.1 Å². The molecule has 1 aliphatic rings. The van der Waals surface area contributed by atoms with Crippen molar-refractivity contribution in [2.24, 2.45) is 0 Å². The Balaban J connectivity index is 1.58. The zero-order valence-electron chi connectivity index (χ0n) is 12.3. The maximum Gasteiger partial charge on any atom is 0.236 e. The highest BCUT2D eigenvalue weighted by Crippen LogP contribution is 2.23. The monoisotopic (exact) mass is 346 g/mol. The largest absolute Gasteiger partial charge is 0.303 e. The van der Waals surface area contributed by atoms with Crippen LogP contribution in [0.2, 0.25) is 0 Å². The van der Waals surface area contributed by atoms with E-state index in [9.17, 15) is 4.79 Å². The van der Waals surface area contributed by atoms with Crippen molar-refractivity contribution < 1.29 is 4.79 Å². The van der Waals surface area contributed by atoms with Gasteiger partial charge in [-0.15, -0.1) is 10.2 Å². The Morgan fingerprint density at radius 3 is 2.71 bits per heavy atom. The lowest BCUT2D eigenvalue weighted by molar-refractivity contribution is -0.113.